The number of carbonyl (C=O) groups excluding carboxylic acids is 15. The van der Waals surface area contributed by atoms with Crippen molar-refractivity contribution in [3.63, 3.8) is 0 Å². The zero-order chi connectivity index (χ0) is 94.4. The van der Waals surface area contributed by atoms with Gasteiger partial charge in [-0.2, -0.15) is 11.8 Å². The fourth-order valence-electron chi connectivity index (χ4n) is 15.9. The van der Waals surface area contributed by atoms with Gasteiger partial charge in [0.2, 0.25) is 70.9 Å². The lowest BCUT2D eigenvalue weighted by Crippen LogP contribution is -2.61. The van der Waals surface area contributed by atoms with E-state index in [1.54, 1.807) is 134 Å². The molecule has 2 saturated heterocycles. The van der Waals surface area contributed by atoms with Gasteiger partial charge >= 0.3 is 18.2 Å². The number of guanidine groups is 1. The third-order valence-corrected chi connectivity index (χ3v) is 23.4. The van der Waals surface area contributed by atoms with Crippen molar-refractivity contribution in [3.05, 3.63) is 216 Å². The van der Waals surface area contributed by atoms with Gasteiger partial charge < -0.3 is 110 Å². The number of likely N-dealkylation sites (tertiary alicyclic amines) is 2. The predicted octanol–water partition coefficient (Wildman–Crippen LogP) is 3.68. The highest BCUT2D eigenvalue weighted by Gasteiger charge is 2.44. The minimum absolute atomic E-state index is 0.00400. The van der Waals surface area contributed by atoms with Crippen molar-refractivity contribution in [2.45, 2.75) is 195 Å². The number of primary amides is 2. The average Bonchev–Trinajstić information content (AvgIpc) is 1.66. The molecular weight excluding hydrogens is 1720 g/mol. The van der Waals surface area contributed by atoms with Crippen LogP contribution in [0.25, 0.3) is 21.8 Å². The van der Waals surface area contributed by atoms with E-state index in [-0.39, 0.29) is 129 Å². The van der Waals surface area contributed by atoms with E-state index in [0.717, 1.165) is 16.5 Å². The predicted molar refractivity (Wildman–Crippen MR) is 493 cm³/mol. The van der Waals surface area contributed by atoms with Crippen molar-refractivity contribution < 1.29 is 86.1 Å². The fourth-order valence-corrected chi connectivity index (χ4v) is 16.3. The Balaban J connectivity index is 0.879. The molecule has 0 bridgehead atoms. The lowest BCUT2D eigenvalue weighted by Gasteiger charge is -2.32. The number of fused-ring (bicyclic) bond motifs is 2. The number of aromatic nitrogens is 2. The minimum atomic E-state index is -1.74. The van der Waals surface area contributed by atoms with Crippen molar-refractivity contribution >= 4 is 129 Å². The first kappa shape index (κ1) is 99.8. The van der Waals surface area contributed by atoms with E-state index in [0.29, 0.717) is 50.9 Å². The van der Waals surface area contributed by atoms with Crippen LogP contribution >= 0.6 is 11.8 Å². The molecule has 0 aliphatic carbocycles. The maximum Gasteiger partial charge on any atom is 0.408 e. The molecule has 8 aromatic rings. The molecule has 4 heterocycles. The summed E-state index contributed by atoms with van der Waals surface area (Å²) in [6.07, 6.45) is 2.43. The van der Waals surface area contributed by atoms with E-state index in [1.165, 1.54) is 28.7 Å². The van der Waals surface area contributed by atoms with Crippen LogP contribution in [-0.2, 0) is 115 Å². The van der Waals surface area contributed by atoms with Gasteiger partial charge in [0.1, 0.15) is 79.7 Å². The number of unbranched alkanes of at least 4 members (excludes halogenated alkanes) is 1. The molecule has 38 heteroatoms. The van der Waals surface area contributed by atoms with Crippen LogP contribution in [-0.4, -0.2) is 227 Å². The van der Waals surface area contributed by atoms with Gasteiger partial charge in [-0.25, -0.2) is 14.4 Å². The van der Waals surface area contributed by atoms with Crippen LogP contribution in [0.1, 0.15) is 123 Å². The van der Waals surface area contributed by atoms with Crippen LogP contribution in [0.4, 0.5) is 9.59 Å². The van der Waals surface area contributed by atoms with Crippen molar-refractivity contribution in [2.75, 3.05) is 45.3 Å². The number of H-pyrrole nitrogens is 2. The summed E-state index contributed by atoms with van der Waals surface area (Å²) in [5.74, 6) is -10.8. The quantitative estimate of drug-likeness (QED) is 0.00850. The number of aromatic amines is 2. The van der Waals surface area contributed by atoms with E-state index in [9.17, 15) is 38.4 Å². The Kier molecular flexibility index (Phi) is 38.7. The van der Waals surface area contributed by atoms with E-state index in [4.69, 9.17) is 37.1 Å². The molecule has 11 atom stereocenters. The molecular formula is C94H117N19O18S. The molecule has 20 N–H and O–H groups in total. The molecule has 6 aromatic carbocycles. The summed E-state index contributed by atoms with van der Waals surface area (Å²) in [6, 6.07) is 33.8. The summed E-state index contributed by atoms with van der Waals surface area (Å²) in [5, 5.41) is 29.0. The molecule has 10 rings (SSSR count). The smallest absolute Gasteiger partial charge is 0.408 e. The largest absolute Gasteiger partial charge is 0.467 e. The van der Waals surface area contributed by atoms with Crippen LogP contribution in [0.5, 0.6) is 0 Å². The van der Waals surface area contributed by atoms with Crippen LogP contribution in [0.3, 0.4) is 0 Å². The van der Waals surface area contributed by atoms with Gasteiger partial charge in [0.25, 0.3) is 0 Å². The van der Waals surface area contributed by atoms with Crippen LogP contribution in [0, 0.1) is 0 Å². The molecule has 702 valence electrons. The number of nitrogens with zero attached hydrogens (tertiary/aromatic N) is 3. The molecule has 37 nitrogen and oxygen atoms in total. The highest BCUT2D eigenvalue weighted by molar-refractivity contribution is 7.98. The SMILES string of the molecule is COC(=O)[C@H](CCSC)NC(=O)[C@H](Cc1c[nH]c2ccccc12)NC(=O)[C@@H](Cc1c[nH]c2ccccc12)NC(=O)[C@H](Cc1ccccc1)NC(=O)[C@H](Cc1ccccc1)NC(=O)[C@H](CCC(N)=O)NC(=O)[C@H](CCC(N)=O)NC(=O)[C@@H]1CCCN1C(=O)[C@H](CCCCNC(=O)OCc1ccccc1)NC(=O)[C@@H]1CCCN1C(=O)[C@H](CCCN=C(N)N)NC(=O)OCc1ccccc1. The third-order valence-electron chi connectivity index (χ3n) is 22.8. The number of nitrogens with two attached hydrogens (primary N) is 4. The minimum Gasteiger partial charge on any atom is -0.467 e. The fraction of sp³-hybridized carbons (Fsp3) is 0.404. The maximum absolute atomic E-state index is 15.5. The number of ether oxygens (including phenoxy) is 3. The summed E-state index contributed by atoms with van der Waals surface area (Å²) in [4.78, 5) is 229. The van der Waals surface area contributed by atoms with Gasteiger partial charge in [0.15, 0.2) is 5.96 Å². The number of alkyl carbamates (subject to hydrolysis) is 2. The van der Waals surface area contributed by atoms with Crippen molar-refractivity contribution in [3.8, 4) is 0 Å². The number of aliphatic imine (C=N–C) groups is 1. The Morgan fingerprint density at radius 1 is 0.417 bits per heavy atom. The van der Waals surface area contributed by atoms with Crippen LogP contribution in [0.15, 0.2) is 187 Å². The lowest BCUT2D eigenvalue weighted by atomic mass is 9.99. The maximum atomic E-state index is 15.5. The van der Waals surface area contributed by atoms with Gasteiger partial charge in [-0.1, -0.05) is 158 Å². The number of rotatable bonds is 50. The number of hydrogen-bond donors (Lipinski definition) is 16. The molecule has 2 aromatic heterocycles. The number of esters is 1. The number of methoxy groups -OCH3 is 1. The van der Waals surface area contributed by atoms with E-state index >= 15 is 33.6 Å². The van der Waals surface area contributed by atoms with Gasteiger partial charge in [0.05, 0.1) is 7.11 Å². The molecule has 2 aliphatic rings. The van der Waals surface area contributed by atoms with Gasteiger partial charge in [-0.05, 0) is 135 Å². The van der Waals surface area contributed by atoms with Crippen molar-refractivity contribution in [1.82, 2.24) is 72.9 Å². The Bertz CT molecular complexity index is 5300. The molecule has 0 spiro atoms. The number of amides is 14. The first-order chi connectivity index (χ1) is 63.7. The summed E-state index contributed by atoms with van der Waals surface area (Å²) >= 11 is 1.45. The Labute approximate surface area is 767 Å². The third kappa shape index (κ3) is 30.7. The summed E-state index contributed by atoms with van der Waals surface area (Å²) in [6.45, 7) is 0.101. The second-order valence-electron chi connectivity index (χ2n) is 32.4. The molecule has 14 amide bonds. The first-order valence-electron chi connectivity index (χ1n) is 44.0. The zero-order valence-electron chi connectivity index (χ0n) is 73.8. The standard InChI is InChI=1S/C94H117N19O18S/c1-129-91(126)72(44-49-132-2)106-85(120)75(52-62-54-101-66-34-17-15-32-64(62)66)110-86(121)76(53-63-55-102-67-35-18-16-33-65(63)67)109-84(119)74(51-59-26-9-4-10-27-59)108-83(118)73(50-58-24-7-3-8-25-58)107-82(117)68(40-42-79(95)114)103-81(116)69(41-43-80(96)115)104-87(122)77-38-22-47-112(77)89(124)70(36-19-20-45-100-93(127)130-56-60-28-11-5-12-29-60)105-88(123)78-39-23-48-113(78)90(125)71(37-21-46-99-92(97)98)111-94(128)131-57-61-30-13-6-14-31-61/h3-18,24-35,54-55,68-78,101-102H,19-23,36-53,56-57H2,1-2H3,(H2,95,114)(H2,96,115)(H,100,127)(H,103,116)(H,104,122)(H,105,123)(H,106,120)(H,107,117)(H,108,118)(H,109,119)(H,110,121)(H,111,128)(H4,97,98,99)/t68-,69-,70-,71-,72-,73-,74-,75-,76+,77-,78-/m0/s1. The second-order valence-corrected chi connectivity index (χ2v) is 33.4. The molecule has 2 aliphatic heterocycles. The zero-order valence-corrected chi connectivity index (χ0v) is 74.6. The van der Waals surface area contributed by atoms with Gasteiger partial charge in [-0.15, -0.1) is 0 Å². The molecule has 132 heavy (non-hydrogen) atoms. The first-order valence-corrected chi connectivity index (χ1v) is 45.4. The van der Waals surface area contributed by atoms with E-state index < -0.39 is 181 Å². The normalized spacial score (nSPS) is 15.4. The van der Waals surface area contributed by atoms with Gasteiger partial charge in [-0.3, -0.25) is 62.5 Å². The monoisotopic (exact) mass is 1830 g/mol. The van der Waals surface area contributed by atoms with E-state index in [2.05, 4.69) is 68.1 Å². The number of hydrogen-bond acceptors (Lipinski definition) is 20. The van der Waals surface area contributed by atoms with Crippen molar-refractivity contribution in [2.24, 2.45) is 27.9 Å². The molecule has 0 unspecified atom stereocenters. The van der Waals surface area contributed by atoms with Crippen LogP contribution < -0.4 is 76.1 Å². The molecule has 0 radical (unpaired) electrons. The number of carbonyl (C=O) groups is 15. The van der Waals surface area contributed by atoms with Crippen LogP contribution in [0.2, 0.25) is 0 Å². The second kappa shape index (κ2) is 51.2. The number of para-hydroxylation sites is 2. The summed E-state index contributed by atoms with van der Waals surface area (Å²) in [7, 11) is 1.20. The molecule has 0 saturated carbocycles. The number of benzene rings is 6. The van der Waals surface area contributed by atoms with E-state index in [1.807, 2.05) is 54.8 Å². The average molecular weight is 1830 g/mol. The molecule has 2 fully saturated rings. The summed E-state index contributed by atoms with van der Waals surface area (Å²) < 4.78 is 15.9. The summed E-state index contributed by atoms with van der Waals surface area (Å²) in [5.41, 5.74) is 27.7. The highest BCUT2D eigenvalue weighted by Crippen LogP contribution is 2.27. The Morgan fingerprint density at radius 2 is 0.795 bits per heavy atom. The highest BCUT2D eigenvalue weighted by atomic mass is 32.2. The van der Waals surface area contributed by atoms with Gasteiger partial charge in [0, 0.05) is 98.9 Å². The lowest BCUT2D eigenvalue weighted by molar-refractivity contribution is -0.145. The number of thioether (sulfide) groups is 1. The van der Waals surface area contributed by atoms with Crippen molar-refractivity contribution in [1.29, 1.82) is 0 Å². The Hall–Kier alpha value is -14.3. The topological polar surface area (TPSA) is 559 Å². The number of nitrogens with one attached hydrogen (secondary N) is 12. The Morgan fingerprint density at radius 3 is 1.23 bits per heavy atom.